The summed E-state index contributed by atoms with van der Waals surface area (Å²) in [5.41, 5.74) is 6.76. The van der Waals surface area contributed by atoms with Gasteiger partial charge in [-0.25, -0.2) is 0 Å². The highest BCUT2D eigenvalue weighted by molar-refractivity contribution is 6.32. The van der Waals surface area contributed by atoms with E-state index in [-0.39, 0.29) is 25.0 Å². The molecule has 1 rings (SSSR count). The minimum absolute atomic E-state index is 0.0378. The van der Waals surface area contributed by atoms with Crippen LogP contribution in [0.4, 0.5) is 0 Å². The predicted octanol–water partition coefficient (Wildman–Crippen LogP) is 1.75. The average Bonchev–Trinajstić information content (AvgIpc) is 2.39. The van der Waals surface area contributed by atoms with Crippen molar-refractivity contribution in [2.75, 3.05) is 20.8 Å². The first-order valence-electron chi connectivity index (χ1n) is 6.43. The van der Waals surface area contributed by atoms with Gasteiger partial charge in [0.2, 0.25) is 5.91 Å². The molecule has 0 saturated carbocycles. The first-order chi connectivity index (χ1) is 9.47. The Kier molecular flexibility index (Phi) is 6.61. The highest BCUT2D eigenvalue weighted by Gasteiger charge is 2.13. The van der Waals surface area contributed by atoms with Crippen LogP contribution in [0.25, 0.3) is 0 Å². The molecule has 0 aliphatic carbocycles. The number of rotatable bonds is 7. The Bertz CT molecular complexity index is 464. The molecule has 0 spiro atoms. The highest BCUT2D eigenvalue weighted by Crippen LogP contribution is 2.36. The zero-order valence-corrected chi connectivity index (χ0v) is 12.8. The molecule has 0 radical (unpaired) electrons. The third-order valence-electron chi connectivity index (χ3n) is 2.70. The Morgan fingerprint density at radius 3 is 2.75 bits per heavy atom. The molecule has 1 unspecified atom stereocenters. The van der Waals surface area contributed by atoms with E-state index in [4.69, 9.17) is 26.8 Å². The number of halogens is 1. The third kappa shape index (κ3) is 4.90. The van der Waals surface area contributed by atoms with E-state index in [1.54, 1.807) is 14.2 Å². The standard InChI is InChI=1S/C14H21ClN2O3/c1-9(16)6-10-7-11(15)14(12(8-10)19-3)20-5-4-13(18)17-2/h7-9H,4-6,16H2,1-3H3,(H,17,18). The maximum atomic E-state index is 11.1. The molecule has 1 atom stereocenters. The number of methoxy groups -OCH3 is 1. The number of hydrogen-bond donors (Lipinski definition) is 2. The number of carbonyl (C=O) groups excluding carboxylic acids is 1. The molecule has 0 aliphatic rings. The summed E-state index contributed by atoms with van der Waals surface area (Å²) >= 11 is 6.20. The molecule has 0 bridgehead atoms. The second-order valence-electron chi connectivity index (χ2n) is 4.56. The lowest BCUT2D eigenvalue weighted by atomic mass is 10.1. The van der Waals surface area contributed by atoms with Gasteiger partial charge in [-0.1, -0.05) is 11.6 Å². The van der Waals surface area contributed by atoms with E-state index in [9.17, 15) is 4.79 Å². The first-order valence-corrected chi connectivity index (χ1v) is 6.81. The first kappa shape index (κ1) is 16.6. The summed E-state index contributed by atoms with van der Waals surface area (Å²) < 4.78 is 10.8. The largest absolute Gasteiger partial charge is 0.493 e. The zero-order chi connectivity index (χ0) is 15.1. The number of benzene rings is 1. The molecule has 5 nitrogen and oxygen atoms in total. The SMILES string of the molecule is CNC(=O)CCOc1c(Cl)cc(CC(C)N)cc1OC. The topological polar surface area (TPSA) is 73.6 Å². The van der Waals surface area contributed by atoms with Crippen molar-refractivity contribution in [1.29, 1.82) is 0 Å². The van der Waals surface area contributed by atoms with Gasteiger partial charge in [-0.15, -0.1) is 0 Å². The van der Waals surface area contributed by atoms with E-state index < -0.39 is 0 Å². The van der Waals surface area contributed by atoms with Gasteiger partial charge in [0.05, 0.1) is 25.2 Å². The predicted molar refractivity (Wildman–Crippen MR) is 79.5 cm³/mol. The Hall–Kier alpha value is -1.46. The lowest BCUT2D eigenvalue weighted by molar-refractivity contribution is -0.121. The lowest BCUT2D eigenvalue weighted by Gasteiger charge is -2.15. The van der Waals surface area contributed by atoms with Crippen molar-refractivity contribution in [3.05, 3.63) is 22.7 Å². The summed E-state index contributed by atoms with van der Waals surface area (Å²) in [4.78, 5) is 11.1. The summed E-state index contributed by atoms with van der Waals surface area (Å²) in [7, 11) is 3.13. The smallest absolute Gasteiger partial charge is 0.223 e. The molecule has 6 heteroatoms. The van der Waals surface area contributed by atoms with Crippen molar-refractivity contribution in [3.63, 3.8) is 0 Å². The number of carbonyl (C=O) groups is 1. The zero-order valence-electron chi connectivity index (χ0n) is 12.0. The van der Waals surface area contributed by atoms with Gasteiger partial charge in [0.1, 0.15) is 0 Å². The van der Waals surface area contributed by atoms with Crippen LogP contribution >= 0.6 is 11.6 Å². The quantitative estimate of drug-likeness (QED) is 0.804. The maximum Gasteiger partial charge on any atom is 0.223 e. The summed E-state index contributed by atoms with van der Waals surface area (Å²) in [6, 6.07) is 3.70. The second kappa shape index (κ2) is 7.97. The second-order valence-corrected chi connectivity index (χ2v) is 4.97. The van der Waals surface area contributed by atoms with Gasteiger partial charge >= 0.3 is 0 Å². The van der Waals surface area contributed by atoms with Gasteiger partial charge in [0.15, 0.2) is 11.5 Å². The van der Waals surface area contributed by atoms with Crippen LogP contribution in [0.2, 0.25) is 5.02 Å². The molecule has 0 aliphatic heterocycles. The molecular weight excluding hydrogens is 280 g/mol. The van der Waals surface area contributed by atoms with E-state index in [2.05, 4.69) is 5.32 Å². The Morgan fingerprint density at radius 1 is 1.50 bits per heavy atom. The summed E-state index contributed by atoms with van der Waals surface area (Å²) in [5.74, 6) is 0.908. The van der Waals surface area contributed by atoms with Gasteiger partial charge in [-0.3, -0.25) is 4.79 Å². The molecule has 0 aromatic heterocycles. The number of amides is 1. The summed E-state index contributed by atoms with van der Waals surface area (Å²) in [5, 5.41) is 2.98. The van der Waals surface area contributed by atoms with E-state index in [0.717, 1.165) is 5.56 Å². The van der Waals surface area contributed by atoms with E-state index in [0.29, 0.717) is 22.9 Å². The number of nitrogens with two attached hydrogens (primary N) is 1. The van der Waals surface area contributed by atoms with Crippen LogP contribution in [0.5, 0.6) is 11.5 Å². The number of hydrogen-bond acceptors (Lipinski definition) is 4. The number of nitrogens with one attached hydrogen (secondary N) is 1. The molecule has 3 N–H and O–H groups in total. The van der Waals surface area contributed by atoms with Gasteiger partial charge < -0.3 is 20.5 Å². The van der Waals surface area contributed by atoms with Crippen LogP contribution < -0.4 is 20.5 Å². The molecule has 20 heavy (non-hydrogen) atoms. The third-order valence-corrected chi connectivity index (χ3v) is 2.98. The molecule has 1 aromatic carbocycles. The monoisotopic (exact) mass is 300 g/mol. The van der Waals surface area contributed by atoms with Crippen molar-refractivity contribution >= 4 is 17.5 Å². The van der Waals surface area contributed by atoms with Gasteiger partial charge in [0, 0.05) is 13.1 Å². The van der Waals surface area contributed by atoms with E-state index in [1.807, 2.05) is 19.1 Å². The molecule has 0 heterocycles. The van der Waals surface area contributed by atoms with E-state index >= 15 is 0 Å². The van der Waals surface area contributed by atoms with Crippen molar-refractivity contribution in [2.45, 2.75) is 25.8 Å². The van der Waals surface area contributed by atoms with E-state index in [1.165, 1.54) is 0 Å². The maximum absolute atomic E-state index is 11.1. The Morgan fingerprint density at radius 2 is 2.20 bits per heavy atom. The highest BCUT2D eigenvalue weighted by atomic mass is 35.5. The van der Waals surface area contributed by atoms with Gasteiger partial charge in [-0.2, -0.15) is 0 Å². The van der Waals surface area contributed by atoms with Crippen LogP contribution in [-0.4, -0.2) is 32.7 Å². The van der Waals surface area contributed by atoms with Crippen molar-refractivity contribution in [2.24, 2.45) is 5.73 Å². The van der Waals surface area contributed by atoms with Crippen LogP contribution in [0.15, 0.2) is 12.1 Å². The average molecular weight is 301 g/mol. The fourth-order valence-electron chi connectivity index (χ4n) is 1.77. The van der Waals surface area contributed by atoms with Crippen molar-refractivity contribution in [1.82, 2.24) is 5.32 Å². The van der Waals surface area contributed by atoms with Crippen LogP contribution in [0, 0.1) is 0 Å². The van der Waals surface area contributed by atoms with Crippen LogP contribution in [0.3, 0.4) is 0 Å². The van der Waals surface area contributed by atoms with Crippen LogP contribution in [0.1, 0.15) is 18.9 Å². The van der Waals surface area contributed by atoms with Gasteiger partial charge in [-0.05, 0) is 31.0 Å². The normalized spacial score (nSPS) is 11.8. The Labute approximate surface area is 124 Å². The molecule has 0 fully saturated rings. The summed E-state index contributed by atoms with van der Waals surface area (Å²) in [6.07, 6.45) is 0.964. The molecular formula is C14H21ClN2O3. The van der Waals surface area contributed by atoms with Crippen LogP contribution in [-0.2, 0) is 11.2 Å². The van der Waals surface area contributed by atoms with Crippen molar-refractivity contribution in [3.8, 4) is 11.5 Å². The molecule has 112 valence electrons. The fraction of sp³-hybridized carbons (Fsp3) is 0.500. The fourth-order valence-corrected chi connectivity index (χ4v) is 2.06. The van der Waals surface area contributed by atoms with Crippen molar-refractivity contribution < 1.29 is 14.3 Å². The minimum Gasteiger partial charge on any atom is -0.493 e. The minimum atomic E-state index is -0.0892. The summed E-state index contributed by atoms with van der Waals surface area (Å²) in [6.45, 7) is 2.16. The van der Waals surface area contributed by atoms with Gasteiger partial charge in [0.25, 0.3) is 0 Å². The molecule has 1 amide bonds. The Balaban J connectivity index is 2.82. The molecule has 0 saturated heterocycles. The molecule has 1 aromatic rings. The number of ether oxygens (including phenoxy) is 2. The lowest BCUT2D eigenvalue weighted by Crippen LogP contribution is -2.20.